The molecule has 0 heterocycles. The number of nitrogens with two attached hydrogens (primary N) is 1. The average Bonchev–Trinajstić information content (AvgIpc) is 2.21. The zero-order valence-corrected chi connectivity index (χ0v) is 8.93. The molecule has 5 nitrogen and oxygen atoms in total. The molecule has 0 saturated carbocycles. The number of aliphatic hydroxyl groups excluding tert-OH is 1. The first-order valence-corrected chi connectivity index (χ1v) is 5.06. The van der Waals surface area contributed by atoms with E-state index in [1.54, 1.807) is 11.0 Å². The third-order valence-corrected chi connectivity index (χ3v) is 2.14. The van der Waals surface area contributed by atoms with E-state index in [1.165, 1.54) is 0 Å². The number of carboxylic acid groups (broad SMARTS) is 1. The minimum absolute atomic E-state index is 0.132. The Morgan fingerprint density at radius 2 is 2.27 bits per heavy atom. The quantitative estimate of drug-likeness (QED) is 0.459. The van der Waals surface area contributed by atoms with Gasteiger partial charge in [-0.25, -0.2) is 0 Å². The second-order valence-electron chi connectivity index (χ2n) is 3.29. The molecule has 5 heteroatoms. The van der Waals surface area contributed by atoms with Gasteiger partial charge in [-0.1, -0.05) is 6.08 Å². The van der Waals surface area contributed by atoms with Gasteiger partial charge in [0.25, 0.3) is 0 Å². The summed E-state index contributed by atoms with van der Waals surface area (Å²) in [5.74, 6) is -0.914. The van der Waals surface area contributed by atoms with E-state index in [-0.39, 0.29) is 13.0 Å². The van der Waals surface area contributed by atoms with Crippen molar-refractivity contribution in [2.75, 3.05) is 26.2 Å². The third kappa shape index (κ3) is 5.51. The fraction of sp³-hybridized carbons (Fsp3) is 0.700. The topological polar surface area (TPSA) is 86.8 Å². The Morgan fingerprint density at radius 3 is 2.67 bits per heavy atom. The Balaban J connectivity index is 4.36. The number of hydrogen-bond donors (Lipinski definition) is 3. The van der Waals surface area contributed by atoms with E-state index in [2.05, 4.69) is 6.58 Å². The van der Waals surface area contributed by atoms with E-state index in [1.807, 2.05) is 0 Å². The van der Waals surface area contributed by atoms with E-state index >= 15 is 0 Å². The van der Waals surface area contributed by atoms with Crippen LogP contribution in [-0.2, 0) is 4.79 Å². The maximum atomic E-state index is 11.0. The number of aliphatic hydroxyl groups is 1. The van der Waals surface area contributed by atoms with Crippen molar-refractivity contribution >= 4 is 5.97 Å². The molecule has 0 aromatic heterocycles. The number of carbonyl (C=O) groups is 1. The lowest BCUT2D eigenvalue weighted by molar-refractivity contribution is -0.143. The summed E-state index contributed by atoms with van der Waals surface area (Å²) in [6.45, 7) is 5.08. The van der Waals surface area contributed by atoms with E-state index in [9.17, 15) is 4.79 Å². The molecular weight excluding hydrogens is 196 g/mol. The lowest BCUT2D eigenvalue weighted by Gasteiger charge is -2.27. The minimum atomic E-state index is -0.914. The maximum absolute atomic E-state index is 11.0. The maximum Gasteiger partial charge on any atom is 0.321 e. The highest BCUT2D eigenvalue weighted by atomic mass is 16.4. The van der Waals surface area contributed by atoms with Gasteiger partial charge in [0.1, 0.15) is 6.04 Å². The van der Waals surface area contributed by atoms with Crippen molar-refractivity contribution in [2.24, 2.45) is 5.73 Å². The van der Waals surface area contributed by atoms with Gasteiger partial charge in [-0.05, 0) is 19.4 Å². The Bertz CT molecular complexity index is 197. The highest BCUT2D eigenvalue weighted by Crippen LogP contribution is 2.05. The normalized spacial score (nSPS) is 12.7. The van der Waals surface area contributed by atoms with Crippen LogP contribution in [0.25, 0.3) is 0 Å². The van der Waals surface area contributed by atoms with Gasteiger partial charge >= 0.3 is 5.97 Å². The average molecular weight is 216 g/mol. The summed E-state index contributed by atoms with van der Waals surface area (Å²) >= 11 is 0. The van der Waals surface area contributed by atoms with Crippen LogP contribution in [0.5, 0.6) is 0 Å². The van der Waals surface area contributed by atoms with Crippen LogP contribution in [0.2, 0.25) is 0 Å². The summed E-state index contributed by atoms with van der Waals surface area (Å²) in [4.78, 5) is 12.7. The fourth-order valence-corrected chi connectivity index (χ4v) is 1.42. The molecule has 4 N–H and O–H groups in total. The van der Waals surface area contributed by atoms with Crippen molar-refractivity contribution in [1.82, 2.24) is 4.90 Å². The van der Waals surface area contributed by atoms with Gasteiger partial charge in [-0.2, -0.15) is 0 Å². The minimum Gasteiger partial charge on any atom is -0.480 e. The molecule has 1 unspecified atom stereocenters. The SMILES string of the molecule is C=CCN(CCCN)C(CCO)C(=O)O. The molecule has 0 bridgehead atoms. The third-order valence-electron chi connectivity index (χ3n) is 2.14. The Labute approximate surface area is 90.2 Å². The van der Waals surface area contributed by atoms with Crippen LogP contribution in [0, 0.1) is 0 Å². The van der Waals surface area contributed by atoms with Crippen molar-refractivity contribution in [2.45, 2.75) is 18.9 Å². The van der Waals surface area contributed by atoms with Gasteiger partial charge in [0.15, 0.2) is 0 Å². The zero-order valence-electron chi connectivity index (χ0n) is 8.93. The van der Waals surface area contributed by atoms with Gasteiger partial charge in [-0.3, -0.25) is 9.69 Å². The number of hydrogen-bond acceptors (Lipinski definition) is 4. The molecule has 0 amide bonds. The van der Waals surface area contributed by atoms with Crippen LogP contribution in [0.15, 0.2) is 12.7 Å². The summed E-state index contributed by atoms with van der Waals surface area (Å²) in [7, 11) is 0. The molecule has 0 spiro atoms. The first kappa shape index (κ1) is 14.1. The molecule has 0 aromatic carbocycles. The van der Waals surface area contributed by atoms with Gasteiger partial charge < -0.3 is 15.9 Å². The zero-order chi connectivity index (χ0) is 11.7. The highest BCUT2D eigenvalue weighted by Gasteiger charge is 2.23. The van der Waals surface area contributed by atoms with Crippen molar-refractivity contribution in [3.63, 3.8) is 0 Å². The second kappa shape index (κ2) is 8.40. The van der Waals surface area contributed by atoms with E-state index in [0.717, 1.165) is 6.42 Å². The molecule has 15 heavy (non-hydrogen) atoms. The Morgan fingerprint density at radius 1 is 1.60 bits per heavy atom. The number of aliphatic carboxylic acids is 1. The van der Waals surface area contributed by atoms with Gasteiger partial charge in [0.05, 0.1) is 0 Å². The van der Waals surface area contributed by atoms with Crippen LogP contribution in [0.1, 0.15) is 12.8 Å². The van der Waals surface area contributed by atoms with E-state index in [0.29, 0.717) is 19.6 Å². The molecule has 0 aliphatic carbocycles. The Kier molecular flexibility index (Phi) is 7.89. The Hall–Kier alpha value is -0.910. The van der Waals surface area contributed by atoms with Crippen LogP contribution >= 0.6 is 0 Å². The largest absolute Gasteiger partial charge is 0.480 e. The van der Waals surface area contributed by atoms with Gasteiger partial charge in [0, 0.05) is 19.7 Å². The molecule has 0 aliphatic rings. The molecule has 88 valence electrons. The van der Waals surface area contributed by atoms with Crippen molar-refractivity contribution < 1.29 is 15.0 Å². The first-order valence-electron chi connectivity index (χ1n) is 5.06. The van der Waals surface area contributed by atoms with Crippen LogP contribution in [-0.4, -0.2) is 53.4 Å². The van der Waals surface area contributed by atoms with Crippen molar-refractivity contribution in [1.29, 1.82) is 0 Å². The summed E-state index contributed by atoms with van der Waals surface area (Å²) in [6, 6.07) is -0.653. The first-order chi connectivity index (χ1) is 7.17. The lowest BCUT2D eigenvalue weighted by atomic mass is 10.1. The smallest absolute Gasteiger partial charge is 0.321 e. The monoisotopic (exact) mass is 216 g/mol. The van der Waals surface area contributed by atoms with Gasteiger partial charge in [0.2, 0.25) is 0 Å². The van der Waals surface area contributed by atoms with Crippen molar-refractivity contribution in [3.8, 4) is 0 Å². The summed E-state index contributed by atoms with van der Waals surface area (Å²) in [5, 5.41) is 17.8. The number of carboxylic acids is 1. The number of nitrogens with zero attached hydrogens (tertiary/aromatic N) is 1. The van der Waals surface area contributed by atoms with Crippen LogP contribution in [0.3, 0.4) is 0 Å². The van der Waals surface area contributed by atoms with Crippen LogP contribution in [0.4, 0.5) is 0 Å². The van der Waals surface area contributed by atoms with Crippen molar-refractivity contribution in [3.05, 3.63) is 12.7 Å². The second-order valence-corrected chi connectivity index (χ2v) is 3.29. The molecule has 0 saturated heterocycles. The molecular formula is C10H20N2O3. The molecule has 1 atom stereocenters. The van der Waals surface area contributed by atoms with E-state index < -0.39 is 12.0 Å². The predicted molar refractivity (Wildman–Crippen MR) is 58.6 cm³/mol. The van der Waals surface area contributed by atoms with Crippen LogP contribution < -0.4 is 5.73 Å². The molecule has 0 fully saturated rings. The number of rotatable bonds is 9. The lowest BCUT2D eigenvalue weighted by Crippen LogP contribution is -2.43. The molecule has 0 rings (SSSR count). The summed E-state index contributed by atoms with van der Waals surface area (Å²) in [5.41, 5.74) is 5.37. The molecule has 0 aromatic rings. The standard InChI is InChI=1S/C10H20N2O3/c1-2-6-12(7-3-5-11)9(4-8-13)10(14)15/h2,9,13H,1,3-8,11H2,(H,14,15). The highest BCUT2D eigenvalue weighted by molar-refractivity contribution is 5.73. The predicted octanol–water partition coefficient (Wildman–Crippen LogP) is -0.341. The molecule has 0 aliphatic heterocycles. The molecule has 0 radical (unpaired) electrons. The summed E-state index contributed by atoms with van der Waals surface area (Å²) in [6.07, 6.45) is 2.63. The van der Waals surface area contributed by atoms with Gasteiger partial charge in [-0.15, -0.1) is 6.58 Å². The summed E-state index contributed by atoms with van der Waals surface area (Å²) < 4.78 is 0. The fourth-order valence-electron chi connectivity index (χ4n) is 1.42. The van der Waals surface area contributed by atoms with E-state index in [4.69, 9.17) is 15.9 Å².